The summed E-state index contributed by atoms with van der Waals surface area (Å²) >= 11 is 0. The third-order valence-corrected chi connectivity index (χ3v) is 10.9. The molecule has 0 bridgehead atoms. The lowest BCUT2D eigenvalue weighted by molar-refractivity contribution is 0.0326. The Morgan fingerprint density at radius 3 is 2.55 bits per heavy atom. The highest BCUT2D eigenvalue weighted by Gasteiger charge is 2.43. The zero-order valence-electron chi connectivity index (χ0n) is 28.4. The zero-order chi connectivity index (χ0) is 33.8. The van der Waals surface area contributed by atoms with E-state index in [0.29, 0.717) is 29.7 Å². The molecule has 49 heavy (non-hydrogen) atoms. The topological polar surface area (TPSA) is 105 Å². The average molecular weight is 661 g/mol. The van der Waals surface area contributed by atoms with Crippen molar-refractivity contribution in [3.63, 3.8) is 0 Å². The van der Waals surface area contributed by atoms with Crippen LogP contribution < -0.4 is 20.9 Å². The van der Waals surface area contributed by atoms with E-state index in [-0.39, 0.29) is 29.2 Å². The van der Waals surface area contributed by atoms with Crippen LogP contribution in [0.3, 0.4) is 0 Å². The predicted octanol–water partition coefficient (Wildman–Crippen LogP) is 6.72. The van der Waals surface area contributed by atoms with Gasteiger partial charge < -0.3 is 25.0 Å². The van der Waals surface area contributed by atoms with E-state index >= 15 is 0 Å². The number of hydrogen-bond acceptors (Lipinski definition) is 6. The Balaban J connectivity index is 1.15. The molecule has 3 aliphatic rings. The van der Waals surface area contributed by atoms with Crippen molar-refractivity contribution in [3.8, 4) is 16.9 Å². The summed E-state index contributed by atoms with van der Waals surface area (Å²) in [6, 6.07) is 21.3. The van der Waals surface area contributed by atoms with Gasteiger partial charge in [-0.05, 0) is 80.7 Å². The van der Waals surface area contributed by atoms with E-state index < -0.39 is 12.1 Å². The Kier molecular flexibility index (Phi) is 9.96. The van der Waals surface area contributed by atoms with E-state index in [1.54, 1.807) is 35.3 Å². The van der Waals surface area contributed by atoms with Gasteiger partial charge in [-0.25, -0.2) is 0 Å². The van der Waals surface area contributed by atoms with Crippen LogP contribution in [0.5, 0.6) is 5.75 Å². The summed E-state index contributed by atoms with van der Waals surface area (Å²) in [6.45, 7) is 2.46. The lowest BCUT2D eigenvalue weighted by Gasteiger charge is -2.41. The van der Waals surface area contributed by atoms with Crippen molar-refractivity contribution < 1.29 is 14.6 Å². The molecule has 2 fully saturated rings. The molecule has 2 aromatic heterocycles. The van der Waals surface area contributed by atoms with Crippen LogP contribution in [0.2, 0.25) is 0 Å². The first-order valence-corrected chi connectivity index (χ1v) is 18.2. The summed E-state index contributed by atoms with van der Waals surface area (Å²) in [5.74, 6) is 0.624. The Morgan fingerprint density at radius 2 is 1.82 bits per heavy atom. The van der Waals surface area contributed by atoms with Crippen molar-refractivity contribution >= 4 is 5.91 Å². The lowest BCUT2D eigenvalue weighted by Crippen LogP contribution is -2.50. The highest BCUT2D eigenvalue weighted by atomic mass is 16.5. The molecule has 7 rings (SSSR count). The van der Waals surface area contributed by atoms with Gasteiger partial charge in [0.2, 0.25) is 0 Å². The van der Waals surface area contributed by atoms with Gasteiger partial charge in [0.1, 0.15) is 11.4 Å². The molecule has 8 heteroatoms. The molecule has 1 aliphatic heterocycles. The van der Waals surface area contributed by atoms with E-state index in [4.69, 9.17) is 4.74 Å². The van der Waals surface area contributed by atoms with Crippen LogP contribution in [0.1, 0.15) is 104 Å². The molecule has 2 aliphatic carbocycles. The first-order chi connectivity index (χ1) is 23.9. The number of nitrogens with one attached hydrogen (secondary N) is 2. The molecule has 3 N–H and O–H groups in total. The number of aryl methyl sites for hydroxylation is 1. The molecule has 8 nitrogen and oxygen atoms in total. The second-order valence-corrected chi connectivity index (χ2v) is 14.3. The number of aliphatic hydroxyl groups excluding tert-OH is 1. The first-order valence-electron chi connectivity index (χ1n) is 18.2. The minimum absolute atomic E-state index is 0.0353. The van der Waals surface area contributed by atoms with E-state index in [0.717, 1.165) is 68.2 Å². The number of nitrogens with zero attached hydrogens (tertiary/aromatic N) is 2. The quantitative estimate of drug-likeness (QED) is 0.165. The van der Waals surface area contributed by atoms with Crippen molar-refractivity contribution in [3.05, 3.63) is 118 Å². The molecule has 1 spiro atoms. The Bertz CT molecular complexity index is 1800. The summed E-state index contributed by atoms with van der Waals surface area (Å²) < 4.78 is 8.40. The number of benzene rings is 2. The van der Waals surface area contributed by atoms with E-state index in [2.05, 4.69) is 40.7 Å². The minimum Gasteiger partial charge on any atom is -0.487 e. The van der Waals surface area contributed by atoms with Crippen molar-refractivity contribution in [2.24, 2.45) is 0 Å². The van der Waals surface area contributed by atoms with E-state index in [9.17, 15) is 14.7 Å². The molecular formula is C41H48N4O4. The van der Waals surface area contributed by atoms with Gasteiger partial charge in [0, 0.05) is 60.3 Å². The van der Waals surface area contributed by atoms with Gasteiger partial charge in [-0.3, -0.25) is 14.6 Å². The van der Waals surface area contributed by atoms with Gasteiger partial charge >= 0.3 is 0 Å². The van der Waals surface area contributed by atoms with Crippen LogP contribution >= 0.6 is 0 Å². The maximum Gasteiger partial charge on any atom is 0.258 e. The van der Waals surface area contributed by atoms with Crippen molar-refractivity contribution in [2.75, 3.05) is 6.54 Å². The van der Waals surface area contributed by atoms with Crippen molar-refractivity contribution in [2.45, 2.75) is 107 Å². The first kappa shape index (κ1) is 33.2. The molecule has 4 aromatic rings. The number of carbonyl (C=O) groups is 1. The number of rotatable bonds is 11. The maximum absolute atomic E-state index is 14.1. The second-order valence-electron chi connectivity index (χ2n) is 14.3. The molecule has 3 atom stereocenters. The molecule has 3 heterocycles. The maximum atomic E-state index is 14.1. The minimum atomic E-state index is -0.872. The monoisotopic (exact) mass is 660 g/mol. The SMILES string of the molecule is CCc1ccc2c(c1)C(NC[C@@H](O)[C@H](Cc1ccccc1)NC(=O)c1cc(-c3cccnc3)c(=O)n(C3CCCC3)c1)CC1(CCCC1)O2. The van der Waals surface area contributed by atoms with Crippen LogP contribution in [0, 0.1) is 0 Å². The zero-order valence-corrected chi connectivity index (χ0v) is 28.4. The standard InChI is InChI=1S/C41H48N4O4/c1-2-28-16-17-38-34(21-28)36(24-41(49-38)18-8-9-19-41)43-26-37(46)35(22-29-11-4-3-5-12-29)44-39(47)31-23-33(30-13-10-20-42-25-30)40(48)45(27-31)32-14-6-7-15-32/h3-5,10-13,16-17,20-21,23,25,27,32,35-37,43,46H,2,6-9,14-15,18-19,22,24,26H2,1H3,(H,44,47)/t35-,36?,37+/m0/s1. The van der Waals surface area contributed by atoms with Crippen LogP contribution in [-0.2, 0) is 12.8 Å². The fourth-order valence-corrected chi connectivity index (χ4v) is 8.16. The number of aliphatic hydroxyl groups is 1. The van der Waals surface area contributed by atoms with Crippen molar-refractivity contribution in [1.82, 2.24) is 20.2 Å². The van der Waals surface area contributed by atoms with Crippen LogP contribution in [-0.4, -0.2) is 44.9 Å². The van der Waals surface area contributed by atoms with Crippen LogP contribution in [0.4, 0.5) is 0 Å². The highest BCUT2D eigenvalue weighted by molar-refractivity contribution is 5.95. The third kappa shape index (κ3) is 7.36. The molecule has 256 valence electrons. The molecular weight excluding hydrogens is 612 g/mol. The van der Waals surface area contributed by atoms with Gasteiger partial charge in [0.05, 0.1) is 17.7 Å². The summed E-state index contributed by atoms with van der Waals surface area (Å²) in [7, 11) is 0. The molecule has 2 saturated carbocycles. The van der Waals surface area contributed by atoms with Gasteiger partial charge in [0.25, 0.3) is 11.5 Å². The fraction of sp³-hybridized carbons (Fsp3) is 0.439. The smallest absolute Gasteiger partial charge is 0.258 e. The molecule has 0 saturated heterocycles. The van der Waals surface area contributed by atoms with Gasteiger partial charge in [0.15, 0.2) is 0 Å². The highest BCUT2D eigenvalue weighted by Crippen LogP contribution is 2.47. The number of carbonyl (C=O) groups excluding carboxylic acids is 1. The molecule has 2 aromatic carbocycles. The molecule has 1 amide bonds. The molecule has 0 radical (unpaired) electrons. The number of aromatic nitrogens is 2. The predicted molar refractivity (Wildman–Crippen MR) is 192 cm³/mol. The Hall–Kier alpha value is -4.27. The van der Waals surface area contributed by atoms with E-state index in [1.807, 2.05) is 36.4 Å². The fourth-order valence-electron chi connectivity index (χ4n) is 8.16. The lowest BCUT2D eigenvalue weighted by atomic mass is 9.85. The summed E-state index contributed by atoms with van der Waals surface area (Å²) in [4.78, 5) is 32.1. The summed E-state index contributed by atoms with van der Waals surface area (Å²) in [6.07, 6.45) is 14.8. The second kappa shape index (κ2) is 14.7. The Morgan fingerprint density at radius 1 is 1.02 bits per heavy atom. The van der Waals surface area contributed by atoms with Crippen LogP contribution in [0.25, 0.3) is 11.1 Å². The number of amides is 1. The summed E-state index contributed by atoms with van der Waals surface area (Å²) in [5.41, 5.74) is 4.69. The van der Waals surface area contributed by atoms with E-state index in [1.165, 1.54) is 18.4 Å². The number of pyridine rings is 2. The average Bonchev–Trinajstić information content (AvgIpc) is 3.84. The normalized spacial score (nSPS) is 19.7. The van der Waals surface area contributed by atoms with Gasteiger partial charge in [-0.15, -0.1) is 0 Å². The van der Waals surface area contributed by atoms with Crippen LogP contribution in [0.15, 0.2) is 90.1 Å². The number of hydrogen-bond donors (Lipinski definition) is 3. The third-order valence-electron chi connectivity index (χ3n) is 10.9. The van der Waals surface area contributed by atoms with Gasteiger partial charge in [-0.1, -0.05) is 68.3 Å². The molecule has 1 unspecified atom stereocenters. The van der Waals surface area contributed by atoms with Gasteiger partial charge in [-0.2, -0.15) is 0 Å². The Labute approximate surface area is 288 Å². The summed E-state index contributed by atoms with van der Waals surface area (Å²) in [5, 5.41) is 18.7. The van der Waals surface area contributed by atoms with Crippen molar-refractivity contribution in [1.29, 1.82) is 0 Å². The largest absolute Gasteiger partial charge is 0.487 e. The number of fused-ring (bicyclic) bond motifs is 1. The number of ether oxygens (including phenoxy) is 1.